The number of rotatable bonds is 9. The minimum absolute atomic E-state index is 0. The summed E-state index contributed by atoms with van der Waals surface area (Å²) in [6.07, 6.45) is 0.935. The summed E-state index contributed by atoms with van der Waals surface area (Å²) in [4.78, 5) is 6.87. The molecule has 2 aromatic rings. The fraction of sp³-hybridized carbons (Fsp3) is 0.545. The van der Waals surface area contributed by atoms with E-state index in [-0.39, 0.29) is 24.0 Å². The first-order valence-electron chi connectivity index (χ1n) is 10.2. The molecule has 7 heteroatoms. The number of nitrogens with zero attached hydrogens (tertiary/aromatic N) is 4. The van der Waals surface area contributed by atoms with Crippen molar-refractivity contribution in [1.82, 2.24) is 25.3 Å². The van der Waals surface area contributed by atoms with Crippen LogP contribution in [-0.2, 0) is 13.5 Å². The lowest BCUT2D eigenvalue weighted by molar-refractivity contribution is 0.219. The molecule has 1 atom stereocenters. The monoisotopic (exact) mass is 512 g/mol. The van der Waals surface area contributed by atoms with Crippen molar-refractivity contribution in [3.8, 4) is 0 Å². The first-order chi connectivity index (χ1) is 13.5. The molecule has 162 valence electrons. The summed E-state index contributed by atoms with van der Waals surface area (Å²) in [6, 6.07) is 11.0. The molecule has 0 bridgehead atoms. The van der Waals surface area contributed by atoms with E-state index in [0.29, 0.717) is 6.04 Å². The number of hydrogen-bond donors (Lipinski definition) is 2. The Hall–Kier alpha value is -1.61. The number of guanidine groups is 1. The Morgan fingerprint density at radius 1 is 1.14 bits per heavy atom. The molecule has 0 fully saturated rings. The maximum atomic E-state index is 4.50. The topological polar surface area (TPSA) is 57.5 Å². The summed E-state index contributed by atoms with van der Waals surface area (Å²) in [6.45, 7) is 12.3. The van der Waals surface area contributed by atoms with Gasteiger partial charge in [0, 0.05) is 32.9 Å². The van der Waals surface area contributed by atoms with Crippen LogP contribution in [-0.4, -0.2) is 53.9 Å². The molecule has 0 radical (unpaired) electrons. The molecular formula is C22H37IN6. The van der Waals surface area contributed by atoms with E-state index in [9.17, 15) is 0 Å². The molecule has 0 saturated heterocycles. The Morgan fingerprint density at radius 3 is 2.31 bits per heavy atom. The van der Waals surface area contributed by atoms with Crippen molar-refractivity contribution in [2.75, 3.05) is 33.2 Å². The van der Waals surface area contributed by atoms with Gasteiger partial charge in [-0.05, 0) is 44.5 Å². The number of aryl methyl sites for hydroxylation is 2. The minimum Gasteiger partial charge on any atom is -0.356 e. The average molecular weight is 512 g/mol. The quantitative estimate of drug-likeness (QED) is 0.307. The van der Waals surface area contributed by atoms with Crippen LogP contribution in [0, 0.1) is 13.8 Å². The van der Waals surface area contributed by atoms with E-state index in [4.69, 9.17) is 0 Å². The molecule has 0 aliphatic carbocycles. The minimum atomic E-state index is 0. The SMILES string of the molecule is CCN(CC)C(CNC(=NC)NCCc1c(C)nn(C)c1C)c1ccccc1.I. The predicted molar refractivity (Wildman–Crippen MR) is 133 cm³/mol. The smallest absolute Gasteiger partial charge is 0.191 e. The van der Waals surface area contributed by atoms with Crippen molar-refractivity contribution in [3.05, 3.63) is 52.8 Å². The summed E-state index contributed by atoms with van der Waals surface area (Å²) in [5.74, 6) is 0.840. The fourth-order valence-electron chi connectivity index (χ4n) is 3.70. The average Bonchev–Trinajstić information content (AvgIpc) is 2.96. The van der Waals surface area contributed by atoms with Gasteiger partial charge in [-0.2, -0.15) is 5.10 Å². The predicted octanol–water partition coefficient (Wildman–Crippen LogP) is 3.45. The van der Waals surface area contributed by atoms with Gasteiger partial charge in [0.2, 0.25) is 0 Å². The Kier molecular flexibility index (Phi) is 11.3. The third-order valence-corrected chi connectivity index (χ3v) is 5.45. The number of hydrogen-bond acceptors (Lipinski definition) is 3. The molecule has 1 aromatic heterocycles. The van der Waals surface area contributed by atoms with Crippen molar-refractivity contribution in [2.24, 2.45) is 12.0 Å². The molecule has 0 aliphatic rings. The number of aliphatic imine (C=N–C) groups is 1. The summed E-state index contributed by atoms with van der Waals surface area (Å²) in [7, 11) is 3.82. The van der Waals surface area contributed by atoms with Crippen LogP contribution in [0.2, 0.25) is 0 Å². The third-order valence-electron chi connectivity index (χ3n) is 5.45. The highest BCUT2D eigenvalue weighted by Gasteiger charge is 2.18. The van der Waals surface area contributed by atoms with E-state index in [1.165, 1.54) is 16.8 Å². The first-order valence-corrected chi connectivity index (χ1v) is 10.2. The lowest BCUT2D eigenvalue weighted by atomic mass is 10.1. The van der Waals surface area contributed by atoms with Gasteiger partial charge >= 0.3 is 0 Å². The molecule has 2 rings (SSSR count). The van der Waals surface area contributed by atoms with Crippen LogP contribution in [0.25, 0.3) is 0 Å². The Morgan fingerprint density at radius 2 is 1.79 bits per heavy atom. The van der Waals surface area contributed by atoms with Crippen LogP contribution < -0.4 is 10.6 Å². The highest BCUT2D eigenvalue weighted by Crippen LogP contribution is 2.19. The summed E-state index contributed by atoms with van der Waals surface area (Å²) >= 11 is 0. The van der Waals surface area contributed by atoms with Gasteiger partial charge in [-0.3, -0.25) is 14.6 Å². The largest absolute Gasteiger partial charge is 0.356 e. The second kappa shape index (κ2) is 12.8. The van der Waals surface area contributed by atoms with Crippen molar-refractivity contribution in [3.63, 3.8) is 0 Å². The zero-order chi connectivity index (χ0) is 20.5. The number of benzene rings is 1. The molecule has 0 spiro atoms. The van der Waals surface area contributed by atoms with Crippen LogP contribution in [0.5, 0.6) is 0 Å². The van der Waals surface area contributed by atoms with Crippen molar-refractivity contribution in [1.29, 1.82) is 0 Å². The van der Waals surface area contributed by atoms with Crippen LogP contribution in [0.15, 0.2) is 35.3 Å². The Balaban J connectivity index is 0.00000420. The van der Waals surface area contributed by atoms with Crippen molar-refractivity contribution in [2.45, 2.75) is 40.2 Å². The molecule has 6 nitrogen and oxygen atoms in total. The second-order valence-electron chi connectivity index (χ2n) is 7.05. The fourth-order valence-corrected chi connectivity index (χ4v) is 3.70. The van der Waals surface area contributed by atoms with Gasteiger partial charge in [0.25, 0.3) is 0 Å². The van der Waals surface area contributed by atoms with Crippen LogP contribution in [0.4, 0.5) is 0 Å². The van der Waals surface area contributed by atoms with Gasteiger partial charge in [-0.1, -0.05) is 44.2 Å². The van der Waals surface area contributed by atoms with Crippen LogP contribution >= 0.6 is 24.0 Å². The number of aromatic nitrogens is 2. The Bertz CT molecular complexity index is 752. The molecule has 0 aliphatic heterocycles. The molecule has 1 unspecified atom stereocenters. The highest BCUT2D eigenvalue weighted by atomic mass is 127. The van der Waals surface area contributed by atoms with Crippen molar-refractivity contribution < 1.29 is 0 Å². The maximum Gasteiger partial charge on any atom is 0.191 e. The molecule has 1 heterocycles. The molecule has 29 heavy (non-hydrogen) atoms. The standard InChI is InChI=1S/C22H36N6.HI/c1-7-28(8-2)21(19-12-10-9-11-13-19)16-25-22(23-5)24-15-14-20-17(3)26-27(6)18(20)4;/h9-13,21H,7-8,14-16H2,1-6H3,(H2,23,24,25);1H. The van der Waals surface area contributed by atoms with Crippen molar-refractivity contribution >= 4 is 29.9 Å². The lowest BCUT2D eigenvalue weighted by Gasteiger charge is -2.30. The molecule has 1 aromatic carbocycles. The third kappa shape index (κ3) is 6.99. The molecule has 2 N–H and O–H groups in total. The van der Waals surface area contributed by atoms with Gasteiger partial charge in [0.1, 0.15) is 0 Å². The van der Waals surface area contributed by atoms with E-state index in [2.05, 4.69) is 83.7 Å². The van der Waals surface area contributed by atoms with E-state index >= 15 is 0 Å². The zero-order valence-corrected chi connectivity index (χ0v) is 21.0. The van der Waals surface area contributed by atoms with E-state index in [1.807, 2.05) is 18.8 Å². The molecule has 0 amide bonds. The molecular weight excluding hydrogens is 475 g/mol. The lowest BCUT2D eigenvalue weighted by Crippen LogP contribution is -2.43. The number of likely N-dealkylation sites (N-methyl/N-ethyl adjacent to an activating group) is 1. The number of halogens is 1. The van der Waals surface area contributed by atoms with Crippen LogP contribution in [0.1, 0.15) is 42.4 Å². The highest BCUT2D eigenvalue weighted by molar-refractivity contribution is 14.0. The molecule has 0 saturated carbocycles. The zero-order valence-electron chi connectivity index (χ0n) is 18.7. The van der Waals surface area contributed by atoms with Gasteiger partial charge in [-0.15, -0.1) is 24.0 Å². The maximum absolute atomic E-state index is 4.50. The van der Waals surface area contributed by atoms with E-state index < -0.39 is 0 Å². The first kappa shape index (κ1) is 25.4. The summed E-state index contributed by atoms with van der Waals surface area (Å²) in [5.41, 5.74) is 4.98. The van der Waals surface area contributed by atoms with Gasteiger partial charge in [0.05, 0.1) is 11.7 Å². The van der Waals surface area contributed by atoms with Gasteiger partial charge in [-0.25, -0.2) is 0 Å². The summed E-state index contributed by atoms with van der Waals surface area (Å²) in [5, 5.41) is 11.5. The summed E-state index contributed by atoms with van der Waals surface area (Å²) < 4.78 is 1.95. The van der Waals surface area contributed by atoms with Gasteiger partial charge < -0.3 is 10.6 Å². The Labute approximate surface area is 193 Å². The van der Waals surface area contributed by atoms with E-state index in [0.717, 1.165) is 44.3 Å². The van der Waals surface area contributed by atoms with Crippen LogP contribution in [0.3, 0.4) is 0 Å². The number of nitrogens with one attached hydrogen (secondary N) is 2. The normalized spacial score (nSPS) is 12.6. The second-order valence-corrected chi connectivity index (χ2v) is 7.05. The van der Waals surface area contributed by atoms with Gasteiger partial charge in [0.15, 0.2) is 5.96 Å². The van der Waals surface area contributed by atoms with E-state index in [1.54, 1.807) is 0 Å².